The number of H-pyrrole nitrogens is 1. The summed E-state index contributed by atoms with van der Waals surface area (Å²) in [6, 6.07) is 2.08. The van der Waals surface area contributed by atoms with Crippen molar-refractivity contribution < 1.29 is 0 Å². The van der Waals surface area contributed by atoms with Gasteiger partial charge in [-0.05, 0) is 24.6 Å². The van der Waals surface area contributed by atoms with Crippen molar-refractivity contribution in [3.05, 3.63) is 42.3 Å². The third-order valence-corrected chi connectivity index (χ3v) is 1.26. The minimum atomic E-state index is 1.12. The summed E-state index contributed by atoms with van der Waals surface area (Å²) in [5.41, 5.74) is 2.38. The molecule has 10 heavy (non-hydrogen) atoms. The molecule has 0 aliphatic rings. The standard InChI is InChI=1S/C9H11N/c1-3-4-5-9-6-8(2)7-10-9/h3-7,10H,1H2,2H3/b5-4-. The maximum atomic E-state index is 3.58. The number of allylic oxidation sites excluding steroid dienone is 2. The number of aromatic nitrogens is 1. The lowest BCUT2D eigenvalue weighted by molar-refractivity contribution is 1.36. The Morgan fingerprint density at radius 3 is 2.90 bits per heavy atom. The number of rotatable bonds is 2. The molecule has 0 saturated heterocycles. The Bertz CT molecular complexity index is 243. The molecule has 1 heteroatoms. The van der Waals surface area contributed by atoms with Gasteiger partial charge in [0.1, 0.15) is 0 Å². The average Bonchev–Trinajstić information content (AvgIpc) is 2.31. The lowest BCUT2D eigenvalue weighted by atomic mass is 10.3. The second-order valence-electron chi connectivity index (χ2n) is 2.23. The summed E-state index contributed by atoms with van der Waals surface area (Å²) in [6.45, 7) is 5.64. The summed E-state index contributed by atoms with van der Waals surface area (Å²) in [7, 11) is 0. The summed E-state index contributed by atoms with van der Waals surface area (Å²) in [5, 5.41) is 0. The summed E-state index contributed by atoms with van der Waals surface area (Å²) >= 11 is 0. The highest BCUT2D eigenvalue weighted by Gasteiger charge is 1.86. The predicted octanol–water partition coefficient (Wildman–Crippen LogP) is 2.52. The van der Waals surface area contributed by atoms with Gasteiger partial charge in [-0.25, -0.2) is 0 Å². The molecule has 1 aromatic heterocycles. The van der Waals surface area contributed by atoms with E-state index in [2.05, 4.69) is 24.6 Å². The SMILES string of the molecule is C=C/C=C\c1cc(C)c[nH]1. The van der Waals surface area contributed by atoms with E-state index in [9.17, 15) is 0 Å². The maximum Gasteiger partial charge on any atom is 0.0383 e. The van der Waals surface area contributed by atoms with Gasteiger partial charge in [0.25, 0.3) is 0 Å². The molecule has 52 valence electrons. The Hall–Kier alpha value is -1.24. The number of hydrogen-bond donors (Lipinski definition) is 1. The van der Waals surface area contributed by atoms with Crippen LogP contribution in [0.15, 0.2) is 31.0 Å². The molecule has 0 saturated carbocycles. The lowest BCUT2D eigenvalue weighted by Gasteiger charge is -1.79. The van der Waals surface area contributed by atoms with Crippen molar-refractivity contribution in [1.29, 1.82) is 0 Å². The fourth-order valence-electron chi connectivity index (χ4n) is 0.794. The minimum absolute atomic E-state index is 1.12. The van der Waals surface area contributed by atoms with Crippen LogP contribution in [-0.4, -0.2) is 4.98 Å². The van der Waals surface area contributed by atoms with Crippen molar-refractivity contribution in [2.45, 2.75) is 6.92 Å². The molecular weight excluding hydrogens is 122 g/mol. The second-order valence-corrected chi connectivity index (χ2v) is 2.23. The smallest absolute Gasteiger partial charge is 0.0383 e. The van der Waals surface area contributed by atoms with Gasteiger partial charge in [-0.2, -0.15) is 0 Å². The summed E-state index contributed by atoms with van der Waals surface area (Å²) in [6.07, 6.45) is 7.63. The molecule has 0 aliphatic heterocycles. The normalized spacial score (nSPS) is 10.5. The third-order valence-electron chi connectivity index (χ3n) is 1.26. The van der Waals surface area contributed by atoms with Gasteiger partial charge in [0, 0.05) is 11.9 Å². The molecule has 1 aromatic rings. The van der Waals surface area contributed by atoms with E-state index >= 15 is 0 Å². The van der Waals surface area contributed by atoms with Crippen molar-refractivity contribution in [2.24, 2.45) is 0 Å². The first kappa shape index (κ1) is 6.87. The van der Waals surface area contributed by atoms with Crippen LogP contribution in [0.5, 0.6) is 0 Å². The predicted molar refractivity (Wildman–Crippen MR) is 44.8 cm³/mol. The molecule has 0 unspecified atom stereocenters. The molecule has 0 bridgehead atoms. The zero-order valence-electron chi connectivity index (χ0n) is 6.09. The molecule has 0 radical (unpaired) electrons. The van der Waals surface area contributed by atoms with Crippen molar-refractivity contribution in [3.8, 4) is 0 Å². The Kier molecular flexibility index (Phi) is 2.11. The molecule has 0 amide bonds. The van der Waals surface area contributed by atoms with Crippen LogP contribution in [0.3, 0.4) is 0 Å². The van der Waals surface area contributed by atoms with E-state index in [1.165, 1.54) is 5.56 Å². The zero-order chi connectivity index (χ0) is 7.40. The van der Waals surface area contributed by atoms with Gasteiger partial charge in [0.15, 0.2) is 0 Å². The van der Waals surface area contributed by atoms with Crippen molar-refractivity contribution in [2.75, 3.05) is 0 Å². The van der Waals surface area contributed by atoms with E-state index in [4.69, 9.17) is 0 Å². The van der Waals surface area contributed by atoms with E-state index in [1.807, 2.05) is 18.3 Å². The molecule has 0 fully saturated rings. The molecule has 1 heterocycles. The van der Waals surface area contributed by atoms with Crippen LogP contribution in [0, 0.1) is 6.92 Å². The Balaban J connectivity index is 2.75. The fourth-order valence-corrected chi connectivity index (χ4v) is 0.794. The van der Waals surface area contributed by atoms with Crippen LogP contribution in [-0.2, 0) is 0 Å². The van der Waals surface area contributed by atoms with Crippen molar-refractivity contribution in [1.82, 2.24) is 4.98 Å². The summed E-state index contributed by atoms with van der Waals surface area (Å²) in [5.74, 6) is 0. The first-order valence-corrected chi connectivity index (χ1v) is 3.27. The summed E-state index contributed by atoms with van der Waals surface area (Å²) in [4.78, 5) is 3.11. The highest BCUT2D eigenvalue weighted by Crippen LogP contribution is 2.02. The average molecular weight is 133 g/mol. The van der Waals surface area contributed by atoms with Crippen molar-refractivity contribution in [3.63, 3.8) is 0 Å². The number of aromatic amines is 1. The molecular formula is C9H11N. The van der Waals surface area contributed by atoms with Crippen LogP contribution in [0.25, 0.3) is 6.08 Å². The maximum absolute atomic E-state index is 3.58. The van der Waals surface area contributed by atoms with Gasteiger partial charge in [0.2, 0.25) is 0 Å². The highest BCUT2D eigenvalue weighted by molar-refractivity contribution is 5.47. The zero-order valence-corrected chi connectivity index (χ0v) is 6.09. The molecule has 0 atom stereocenters. The largest absolute Gasteiger partial charge is 0.361 e. The molecule has 0 aliphatic carbocycles. The quantitative estimate of drug-likeness (QED) is 0.597. The van der Waals surface area contributed by atoms with E-state index in [-0.39, 0.29) is 0 Å². The molecule has 0 aromatic carbocycles. The van der Waals surface area contributed by atoms with Crippen LogP contribution in [0.1, 0.15) is 11.3 Å². The van der Waals surface area contributed by atoms with E-state index in [0.717, 1.165) is 5.69 Å². The Labute approximate surface area is 61.1 Å². The number of hydrogen-bond acceptors (Lipinski definition) is 0. The molecule has 1 N–H and O–H groups in total. The van der Waals surface area contributed by atoms with Gasteiger partial charge >= 0.3 is 0 Å². The second kappa shape index (κ2) is 3.06. The van der Waals surface area contributed by atoms with Crippen LogP contribution >= 0.6 is 0 Å². The molecule has 0 spiro atoms. The topological polar surface area (TPSA) is 15.8 Å². The fraction of sp³-hybridized carbons (Fsp3) is 0.111. The van der Waals surface area contributed by atoms with Crippen LogP contribution in [0.4, 0.5) is 0 Å². The van der Waals surface area contributed by atoms with Gasteiger partial charge in [-0.15, -0.1) is 0 Å². The van der Waals surface area contributed by atoms with Crippen molar-refractivity contribution >= 4 is 6.08 Å². The Morgan fingerprint density at radius 2 is 2.40 bits per heavy atom. The highest BCUT2D eigenvalue weighted by atomic mass is 14.7. The van der Waals surface area contributed by atoms with Crippen LogP contribution < -0.4 is 0 Å². The number of nitrogens with one attached hydrogen (secondary N) is 1. The number of aryl methyl sites for hydroxylation is 1. The molecule has 1 nitrogen and oxygen atoms in total. The van der Waals surface area contributed by atoms with Gasteiger partial charge < -0.3 is 4.98 Å². The van der Waals surface area contributed by atoms with Gasteiger partial charge in [0.05, 0.1) is 0 Å². The third kappa shape index (κ3) is 1.62. The van der Waals surface area contributed by atoms with E-state index in [1.54, 1.807) is 6.08 Å². The first-order chi connectivity index (χ1) is 4.83. The lowest BCUT2D eigenvalue weighted by Crippen LogP contribution is -1.64. The first-order valence-electron chi connectivity index (χ1n) is 3.27. The van der Waals surface area contributed by atoms with Crippen LogP contribution in [0.2, 0.25) is 0 Å². The minimum Gasteiger partial charge on any atom is -0.361 e. The van der Waals surface area contributed by atoms with E-state index in [0.29, 0.717) is 0 Å². The van der Waals surface area contributed by atoms with Gasteiger partial charge in [-0.1, -0.05) is 18.7 Å². The summed E-state index contributed by atoms with van der Waals surface area (Å²) < 4.78 is 0. The molecule has 1 rings (SSSR count). The van der Waals surface area contributed by atoms with E-state index < -0.39 is 0 Å². The monoisotopic (exact) mass is 133 g/mol. The van der Waals surface area contributed by atoms with Gasteiger partial charge in [-0.3, -0.25) is 0 Å². The Morgan fingerprint density at radius 1 is 1.60 bits per heavy atom.